The maximum Gasteiger partial charge on any atom is 0.307 e. The molecule has 0 unspecified atom stereocenters. The SMILES string of the molecule is C=CC(=O)N[C@H](CF)[C@H](OC(=O)CCC(=O)O)c1ccc(S(C)(=O)=O)cc1. The average molecular weight is 401 g/mol. The number of hydrogen-bond donors (Lipinski definition) is 2. The van der Waals surface area contributed by atoms with Crippen LogP contribution in [0.2, 0.25) is 0 Å². The van der Waals surface area contributed by atoms with Crippen LogP contribution < -0.4 is 5.32 Å². The van der Waals surface area contributed by atoms with E-state index in [-0.39, 0.29) is 10.5 Å². The van der Waals surface area contributed by atoms with Gasteiger partial charge in [0.1, 0.15) is 12.8 Å². The zero-order chi connectivity index (χ0) is 20.6. The summed E-state index contributed by atoms with van der Waals surface area (Å²) in [4.78, 5) is 34.0. The van der Waals surface area contributed by atoms with Crippen molar-refractivity contribution in [3.05, 3.63) is 42.5 Å². The first-order valence-electron chi connectivity index (χ1n) is 7.78. The zero-order valence-electron chi connectivity index (χ0n) is 14.6. The molecule has 0 radical (unpaired) electrons. The first kappa shape index (κ1) is 22.3. The summed E-state index contributed by atoms with van der Waals surface area (Å²) in [6.45, 7) is 2.16. The highest BCUT2D eigenvalue weighted by molar-refractivity contribution is 7.90. The van der Waals surface area contributed by atoms with Gasteiger partial charge in [0.15, 0.2) is 9.84 Å². The van der Waals surface area contributed by atoms with Gasteiger partial charge in [-0.3, -0.25) is 14.4 Å². The lowest BCUT2D eigenvalue weighted by atomic mass is 10.0. The molecule has 148 valence electrons. The largest absolute Gasteiger partial charge is 0.481 e. The van der Waals surface area contributed by atoms with Crippen LogP contribution in [0.1, 0.15) is 24.5 Å². The van der Waals surface area contributed by atoms with E-state index in [0.29, 0.717) is 0 Å². The molecule has 8 nitrogen and oxygen atoms in total. The number of amides is 1. The number of carbonyl (C=O) groups excluding carboxylic acids is 2. The molecule has 0 bridgehead atoms. The van der Waals surface area contributed by atoms with Gasteiger partial charge in [-0.2, -0.15) is 0 Å². The van der Waals surface area contributed by atoms with E-state index in [1.807, 2.05) is 0 Å². The Kier molecular flexibility index (Phi) is 8.10. The number of hydrogen-bond acceptors (Lipinski definition) is 6. The summed E-state index contributed by atoms with van der Waals surface area (Å²) in [7, 11) is -3.47. The molecule has 0 heterocycles. The third-order valence-electron chi connectivity index (χ3n) is 3.48. The van der Waals surface area contributed by atoms with Crippen LogP contribution in [0.25, 0.3) is 0 Å². The molecule has 10 heteroatoms. The van der Waals surface area contributed by atoms with Gasteiger partial charge in [-0.25, -0.2) is 12.8 Å². The standard InChI is InChI=1S/C17H20FNO7S/c1-3-14(20)19-13(10-18)17(26-16(23)9-8-15(21)22)11-4-6-12(7-5-11)27(2,24)25/h3-7,13,17H,1,8-10H2,2H3,(H,19,20)(H,21,22)/t13-,17-/m1/s1. The Morgan fingerprint density at radius 3 is 2.30 bits per heavy atom. The third kappa shape index (κ3) is 7.18. The molecule has 0 aliphatic rings. The third-order valence-corrected chi connectivity index (χ3v) is 4.61. The molecule has 0 spiro atoms. The van der Waals surface area contributed by atoms with Gasteiger partial charge in [-0.1, -0.05) is 18.7 Å². The minimum atomic E-state index is -3.47. The molecular weight excluding hydrogens is 381 g/mol. The predicted octanol–water partition coefficient (Wildman–Crippen LogP) is 1.18. The van der Waals surface area contributed by atoms with Crippen molar-refractivity contribution in [1.29, 1.82) is 0 Å². The summed E-state index contributed by atoms with van der Waals surface area (Å²) < 4.78 is 41.8. The minimum Gasteiger partial charge on any atom is -0.481 e. The average Bonchev–Trinajstić information content (AvgIpc) is 2.61. The minimum absolute atomic E-state index is 0.00845. The van der Waals surface area contributed by atoms with Gasteiger partial charge in [-0.05, 0) is 23.8 Å². The van der Waals surface area contributed by atoms with Crippen LogP contribution in [0, 0.1) is 0 Å². The molecular formula is C17H20FNO7S. The summed E-state index contributed by atoms with van der Waals surface area (Å²) in [6.07, 6.45) is -0.271. The van der Waals surface area contributed by atoms with Crippen LogP contribution in [0.4, 0.5) is 4.39 Å². The number of esters is 1. The van der Waals surface area contributed by atoms with Gasteiger partial charge in [0.25, 0.3) is 0 Å². The van der Waals surface area contributed by atoms with E-state index in [9.17, 15) is 27.2 Å². The molecule has 1 rings (SSSR count). The van der Waals surface area contributed by atoms with Crippen molar-refractivity contribution in [2.24, 2.45) is 0 Å². The van der Waals surface area contributed by atoms with E-state index in [1.54, 1.807) is 0 Å². The molecule has 1 amide bonds. The monoisotopic (exact) mass is 401 g/mol. The van der Waals surface area contributed by atoms with E-state index in [2.05, 4.69) is 11.9 Å². The molecule has 0 aliphatic heterocycles. The normalized spacial score (nSPS) is 13.3. The first-order valence-corrected chi connectivity index (χ1v) is 9.67. The van der Waals surface area contributed by atoms with Crippen molar-refractivity contribution in [3.63, 3.8) is 0 Å². The van der Waals surface area contributed by atoms with E-state index >= 15 is 0 Å². The van der Waals surface area contributed by atoms with Crippen LogP contribution in [0.5, 0.6) is 0 Å². The number of ether oxygens (including phenoxy) is 1. The van der Waals surface area contributed by atoms with Crippen molar-refractivity contribution in [3.8, 4) is 0 Å². The van der Waals surface area contributed by atoms with Gasteiger partial charge in [0.2, 0.25) is 5.91 Å². The molecule has 2 N–H and O–H groups in total. The summed E-state index contributed by atoms with van der Waals surface area (Å²) in [6, 6.07) is 3.90. The zero-order valence-corrected chi connectivity index (χ0v) is 15.4. The molecule has 0 aromatic heterocycles. The number of carboxylic acids is 1. The molecule has 27 heavy (non-hydrogen) atoms. The molecule has 1 aromatic carbocycles. The fraction of sp³-hybridized carbons (Fsp3) is 0.353. The highest BCUT2D eigenvalue weighted by Gasteiger charge is 2.28. The summed E-state index contributed by atoms with van der Waals surface area (Å²) in [5, 5.41) is 10.9. The highest BCUT2D eigenvalue weighted by atomic mass is 32.2. The molecule has 2 atom stereocenters. The summed E-state index contributed by atoms with van der Waals surface area (Å²) in [5.41, 5.74) is 0.234. The smallest absolute Gasteiger partial charge is 0.307 e. The number of carboxylic acid groups (broad SMARTS) is 1. The Hall–Kier alpha value is -2.75. The Balaban J connectivity index is 3.15. The number of carbonyl (C=O) groups is 3. The lowest BCUT2D eigenvalue weighted by Crippen LogP contribution is -2.41. The van der Waals surface area contributed by atoms with Crippen molar-refractivity contribution in [2.45, 2.75) is 29.9 Å². The number of halogens is 1. The Morgan fingerprint density at radius 1 is 1.26 bits per heavy atom. The van der Waals surface area contributed by atoms with Crippen LogP contribution >= 0.6 is 0 Å². The lowest BCUT2D eigenvalue weighted by molar-refractivity contribution is -0.154. The summed E-state index contributed by atoms with van der Waals surface area (Å²) >= 11 is 0. The van der Waals surface area contributed by atoms with E-state index in [1.165, 1.54) is 24.3 Å². The fourth-order valence-corrected chi connectivity index (χ4v) is 2.76. The van der Waals surface area contributed by atoms with Crippen molar-refractivity contribution < 1.29 is 37.0 Å². The molecule has 0 saturated heterocycles. The first-order chi connectivity index (χ1) is 12.6. The van der Waals surface area contributed by atoms with Crippen LogP contribution in [0.15, 0.2) is 41.8 Å². The van der Waals surface area contributed by atoms with E-state index in [0.717, 1.165) is 12.3 Å². The molecule has 0 saturated carbocycles. The topological polar surface area (TPSA) is 127 Å². The number of benzene rings is 1. The van der Waals surface area contributed by atoms with Gasteiger partial charge in [0, 0.05) is 6.26 Å². The number of nitrogens with one attached hydrogen (secondary N) is 1. The van der Waals surface area contributed by atoms with E-state index < -0.39 is 59.3 Å². The molecule has 0 fully saturated rings. The number of aliphatic carboxylic acids is 1. The Morgan fingerprint density at radius 2 is 1.85 bits per heavy atom. The number of alkyl halides is 1. The second-order valence-corrected chi connectivity index (χ2v) is 7.63. The van der Waals surface area contributed by atoms with Crippen LogP contribution in [-0.4, -0.2) is 50.3 Å². The lowest BCUT2D eigenvalue weighted by Gasteiger charge is -2.26. The molecule has 0 aliphatic carbocycles. The van der Waals surface area contributed by atoms with Gasteiger partial charge in [-0.15, -0.1) is 0 Å². The van der Waals surface area contributed by atoms with Gasteiger partial charge < -0.3 is 15.2 Å². The molecule has 1 aromatic rings. The summed E-state index contributed by atoms with van der Waals surface area (Å²) in [5.74, 6) is -2.80. The van der Waals surface area contributed by atoms with Crippen LogP contribution in [0.3, 0.4) is 0 Å². The van der Waals surface area contributed by atoms with Crippen molar-refractivity contribution in [1.82, 2.24) is 5.32 Å². The van der Waals surface area contributed by atoms with Gasteiger partial charge in [0.05, 0.1) is 23.8 Å². The fourth-order valence-electron chi connectivity index (χ4n) is 2.13. The van der Waals surface area contributed by atoms with Crippen LogP contribution in [-0.2, 0) is 29.0 Å². The predicted molar refractivity (Wildman–Crippen MR) is 93.4 cm³/mol. The second-order valence-electron chi connectivity index (χ2n) is 5.62. The maximum atomic E-state index is 13.5. The number of rotatable bonds is 10. The Bertz CT molecular complexity index is 805. The van der Waals surface area contributed by atoms with Gasteiger partial charge >= 0.3 is 11.9 Å². The highest BCUT2D eigenvalue weighted by Crippen LogP contribution is 2.25. The second kappa shape index (κ2) is 9.81. The maximum absolute atomic E-state index is 13.5. The van der Waals surface area contributed by atoms with Crippen molar-refractivity contribution in [2.75, 3.05) is 12.9 Å². The van der Waals surface area contributed by atoms with E-state index in [4.69, 9.17) is 9.84 Å². The Labute approximate surface area is 155 Å². The van der Waals surface area contributed by atoms with Crippen molar-refractivity contribution >= 4 is 27.7 Å². The number of sulfone groups is 1. The quantitative estimate of drug-likeness (QED) is 0.445.